The fourth-order valence-electron chi connectivity index (χ4n) is 7.85. The van der Waals surface area contributed by atoms with Crippen LogP contribution in [0.25, 0.3) is 93.3 Å². The van der Waals surface area contributed by atoms with Gasteiger partial charge in [0.1, 0.15) is 11.3 Å². The van der Waals surface area contributed by atoms with Crippen LogP contribution >= 0.6 is 0 Å². The number of rotatable bonds is 2. The first-order valence-corrected chi connectivity index (χ1v) is 15.3. The Balaban J connectivity index is 1.25. The second-order valence-corrected chi connectivity index (χ2v) is 11.9. The van der Waals surface area contributed by atoms with E-state index in [4.69, 9.17) is 9.97 Å². The van der Waals surface area contributed by atoms with Crippen molar-refractivity contribution in [3.63, 3.8) is 0 Å². The summed E-state index contributed by atoms with van der Waals surface area (Å²) in [5, 5.41) is 9.76. The molecular formula is C40H23N5. The van der Waals surface area contributed by atoms with Gasteiger partial charge in [-0.1, -0.05) is 66.7 Å². The molecule has 0 saturated carbocycles. The number of pyridine rings is 2. The van der Waals surface area contributed by atoms with Gasteiger partial charge in [-0.15, -0.1) is 0 Å². The third-order valence-corrected chi connectivity index (χ3v) is 9.67. The van der Waals surface area contributed by atoms with Gasteiger partial charge >= 0.3 is 0 Å². The molecule has 0 aliphatic rings. The van der Waals surface area contributed by atoms with Crippen LogP contribution in [0.4, 0.5) is 0 Å². The molecule has 208 valence electrons. The Morgan fingerprint density at radius 3 is 1.64 bits per heavy atom. The van der Waals surface area contributed by atoms with Crippen LogP contribution in [0.15, 0.2) is 140 Å². The Labute approximate surface area is 256 Å². The van der Waals surface area contributed by atoms with E-state index in [9.17, 15) is 0 Å². The summed E-state index contributed by atoms with van der Waals surface area (Å²) in [6, 6.07) is 46.0. The van der Waals surface area contributed by atoms with Crippen LogP contribution < -0.4 is 0 Å². The van der Waals surface area contributed by atoms with Gasteiger partial charge in [0.25, 0.3) is 0 Å². The topological polar surface area (TPSA) is 40.0 Å². The molecule has 0 aliphatic heterocycles. The summed E-state index contributed by atoms with van der Waals surface area (Å²) in [4.78, 5) is 9.69. The van der Waals surface area contributed by atoms with Gasteiger partial charge in [0.15, 0.2) is 0 Å². The highest BCUT2D eigenvalue weighted by molar-refractivity contribution is 6.23. The average Bonchev–Trinajstić information content (AvgIpc) is 3.82. The van der Waals surface area contributed by atoms with Crippen molar-refractivity contribution < 1.29 is 0 Å². The lowest BCUT2D eigenvalue weighted by Gasteiger charge is -2.11. The van der Waals surface area contributed by atoms with Gasteiger partial charge in [-0.25, -0.2) is 9.97 Å². The summed E-state index contributed by atoms with van der Waals surface area (Å²) < 4.78 is 7.05. The van der Waals surface area contributed by atoms with E-state index < -0.39 is 0 Å². The Morgan fingerprint density at radius 1 is 0.356 bits per heavy atom. The molecule has 0 spiro atoms. The monoisotopic (exact) mass is 573 g/mol. The van der Waals surface area contributed by atoms with Crippen LogP contribution in [0.1, 0.15) is 0 Å². The van der Waals surface area contributed by atoms with Gasteiger partial charge < -0.3 is 4.57 Å². The molecule has 5 aromatic carbocycles. The second kappa shape index (κ2) is 8.24. The minimum Gasteiger partial charge on any atom is -0.309 e. The molecule has 0 bridgehead atoms. The lowest BCUT2D eigenvalue weighted by atomic mass is 10.1. The van der Waals surface area contributed by atoms with E-state index >= 15 is 0 Å². The summed E-state index contributed by atoms with van der Waals surface area (Å²) in [7, 11) is 0. The highest BCUT2D eigenvalue weighted by Gasteiger charge is 2.20. The number of aromatic nitrogens is 5. The minimum absolute atomic E-state index is 0.965. The Bertz CT molecular complexity index is 2940. The maximum atomic E-state index is 4.85. The molecule has 0 N–H and O–H groups in total. The first-order chi connectivity index (χ1) is 22.3. The van der Waals surface area contributed by atoms with Crippen molar-refractivity contribution in [1.29, 1.82) is 0 Å². The Morgan fingerprint density at radius 2 is 0.867 bits per heavy atom. The number of fused-ring (bicyclic) bond motifs is 12. The number of benzene rings is 5. The molecule has 5 nitrogen and oxygen atoms in total. The molecule has 0 radical (unpaired) electrons. The van der Waals surface area contributed by atoms with E-state index in [1.165, 1.54) is 54.3 Å². The van der Waals surface area contributed by atoms with Crippen molar-refractivity contribution >= 4 is 82.0 Å². The van der Waals surface area contributed by atoms with Crippen molar-refractivity contribution in [2.24, 2.45) is 0 Å². The van der Waals surface area contributed by atoms with E-state index in [2.05, 4.69) is 129 Å². The fourth-order valence-corrected chi connectivity index (χ4v) is 7.85. The zero-order valence-electron chi connectivity index (χ0n) is 24.0. The molecular weight excluding hydrogens is 550 g/mol. The summed E-state index contributed by atoms with van der Waals surface area (Å²) in [6.45, 7) is 0. The highest BCUT2D eigenvalue weighted by atomic mass is 15.1. The summed E-state index contributed by atoms with van der Waals surface area (Å²) in [6.07, 6.45) is 3.77. The van der Waals surface area contributed by atoms with E-state index in [1.54, 1.807) is 0 Å². The maximum Gasteiger partial charge on any atom is 0.145 e. The molecule has 11 rings (SSSR count). The quantitative estimate of drug-likeness (QED) is 0.207. The summed E-state index contributed by atoms with van der Waals surface area (Å²) in [5.74, 6) is 0. The fraction of sp³-hybridized carbons (Fsp3) is 0. The zero-order valence-corrected chi connectivity index (χ0v) is 24.0. The zero-order chi connectivity index (χ0) is 29.2. The first kappa shape index (κ1) is 23.3. The number of hydrogen-bond donors (Lipinski definition) is 0. The third kappa shape index (κ3) is 2.88. The molecule has 0 aliphatic carbocycles. The van der Waals surface area contributed by atoms with Crippen LogP contribution in [0.3, 0.4) is 0 Å². The molecule has 5 heteroatoms. The molecule has 6 heterocycles. The van der Waals surface area contributed by atoms with Crippen molar-refractivity contribution in [3.8, 4) is 11.4 Å². The van der Waals surface area contributed by atoms with Gasteiger partial charge in [-0.3, -0.25) is 8.97 Å². The van der Waals surface area contributed by atoms with Gasteiger partial charge in [-0.2, -0.15) is 0 Å². The van der Waals surface area contributed by atoms with Gasteiger partial charge in [0.05, 0.1) is 27.6 Å². The standard InChI is InChI=1S/C40H23N5/c1-3-14-34-26(8-1)28-18-17-25(44-35-15-4-2-9-27(35)32-12-6-20-41-39(32)44)23-36(28)43(34)24-16-19-29-30-10-5-11-31-33-13-7-21-42-40(33)45(38(30)31)37(29)22-24/h1-23H. The van der Waals surface area contributed by atoms with Crippen molar-refractivity contribution in [1.82, 2.24) is 23.5 Å². The van der Waals surface area contributed by atoms with E-state index in [1.807, 2.05) is 24.5 Å². The van der Waals surface area contributed by atoms with E-state index in [0.29, 0.717) is 0 Å². The van der Waals surface area contributed by atoms with Gasteiger partial charge in [0, 0.05) is 66.9 Å². The van der Waals surface area contributed by atoms with E-state index in [-0.39, 0.29) is 0 Å². The SMILES string of the molecule is c1ccc2c(c1)c1ccc(-n3c4ccccc4c4cccnc43)cc1n2-c1ccc2c3cccc4c5cccnc5n(c2c1)c34. The van der Waals surface area contributed by atoms with Crippen molar-refractivity contribution in [2.75, 3.05) is 0 Å². The lowest BCUT2D eigenvalue weighted by Crippen LogP contribution is -1.98. The number of nitrogens with zero attached hydrogens (tertiary/aromatic N) is 5. The Hall–Kier alpha value is -6.20. The first-order valence-electron chi connectivity index (χ1n) is 15.3. The molecule has 6 aromatic heterocycles. The van der Waals surface area contributed by atoms with E-state index in [0.717, 1.165) is 39.1 Å². The smallest absolute Gasteiger partial charge is 0.145 e. The highest BCUT2D eigenvalue weighted by Crippen LogP contribution is 2.41. The van der Waals surface area contributed by atoms with Gasteiger partial charge in [0.2, 0.25) is 0 Å². The average molecular weight is 574 g/mol. The van der Waals surface area contributed by atoms with Crippen LogP contribution in [-0.4, -0.2) is 23.5 Å². The molecule has 0 unspecified atom stereocenters. The largest absolute Gasteiger partial charge is 0.309 e. The molecule has 45 heavy (non-hydrogen) atoms. The second-order valence-electron chi connectivity index (χ2n) is 11.9. The van der Waals surface area contributed by atoms with Crippen LogP contribution in [-0.2, 0) is 0 Å². The molecule has 0 fully saturated rings. The molecule has 0 amide bonds. The van der Waals surface area contributed by atoms with Crippen molar-refractivity contribution in [2.45, 2.75) is 0 Å². The number of para-hydroxylation sites is 3. The van der Waals surface area contributed by atoms with Crippen LogP contribution in [0.5, 0.6) is 0 Å². The predicted molar refractivity (Wildman–Crippen MR) is 185 cm³/mol. The van der Waals surface area contributed by atoms with Crippen LogP contribution in [0, 0.1) is 0 Å². The maximum absolute atomic E-state index is 4.85. The summed E-state index contributed by atoms with van der Waals surface area (Å²) in [5.41, 5.74) is 10.1. The predicted octanol–water partition coefficient (Wildman–Crippen LogP) is 9.82. The minimum atomic E-state index is 0.965. The normalized spacial score (nSPS) is 12.4. The molecule has 0 atom stereocenters. The Kier molecular flexibility index (Phi) is 4.26. The lowest BCUT2D eigenvalue weighted by molar-refractivity contribution is 1.13. The van der Waals surface area contributed by atoms with Gasteiger partial charge in [-0.05, 0) is 60.7 Å². The molecule has 0 saturated heterocycles. The molecule has 11 aromatic rings. The van der Waals surface area contributed by atoms with Crippen molar-refractivity contribution in [3.05, 3.63) is 140 Å². The van der Waals surface area contributed by atoms with Crippen LogP contribution in [0.2, 0.25) is 0 Å². The summed E-state index contributed by atoms with van der Waals surface area (Å²) >= 11 is 0. The third-order valence-electron chi connectivity index (χ3n) is 9.67. The number of hydrogen-bond acceptors (Lipinski definition) is 2.